The molecule has 1 saturated carbocycles. The van der Waals surface area contributed by atoms with E-state index in [-0.39, 0.29) is 17.7 Å². The van der Waals surface area contributed by atoms with Crippen LogP contribution in [0.4, 0.5) is 0 Å². The molecule has 4 rings (SSSR count). The fraction of sp³-hybridized carbons (Fsp3) is 0.526. The minimum atomic E-state index is -0.879. The number of nitrogens with one attached hydrogen (secondary N) is 1. The van der Waals surface area contributed by atoms with E-state index in [0.29, 0.717) is 38.8 Å². The normalized spacial score (nSPS) is 26.8. The number of hydrogen-bond acceptors (Lipinski definition) is 3. The van der Waals surface area contributed by atoms with Gasteiger partial charge in [-0.25, -0.2) is 0 Å². The second-order valence-electron chi connectivity index (χ2n) is 7.58. The molecule has 2 aliphatic heterocycles. The van der Waals surface area contributed by atoms with Crippen molar-refractivity contribution in [2.24, 2.45) is 11.8 Å². The molecule has 1 saturated heterocycles. The third-order valence-electron chi connectivity index (χ3n) is 5.86. The van der Waals surface area contributed by atoms with Crippen LogP contribution in [0.15, 0.2) is 18.2 Å². The van der Waals surface area contributed by atoms with Crippen LogP contribution in [-0.2, 0) is 26.3 Å². The van der Waals surface area contributed by atoms with Crippen LogP contribution in [0.3, 0.4) is 0 Å². The average Bonchev–Trinajstić information content (AvgIpc) is 3.35. The van der Waals surface area contributed by atoms with Gasteiger partial charge in [-0.05, 0) is 37.3 Å². The van der Waals surface area contributed by atoms with Crippen molar-refractivity contribution in [2.75, 3.05) is 13.1 Å². The number of nitrogens with zero attached hydrogens (tertiary/aromatic N) is 1. The van der Waals surface area contributed by atoms with Crippen molar-refractivity contribution in [3.05, 3.63) is 34.9 Å². The Kier molecular flexibility index (Phi) is 3.60. The molecule has 2 unspecified atom stereocenters. The molecule has 1 aromatic rings. The van der Waals surface area contributed by atoms with Gasteiger partial charge in [0, 0.05) is 13.1 Å². The van der Waals surface area contributed by atoms with E-state index in [1.165, 1.54) is 5.56 Å². The van der Waals surface area contributed by atoms with Gasteiger partial charge < -0.3 is 15.3 Å². The lowest BCUT2D eigenvalue weighted by Gasteiger charge is -2.45. The number of carboxylic acid groups (broad SMARTS) is 1. The number of amides is 2. The Balaban J connectivity index is 1.51. The van der Waals surface area contributed by atoms with E-state index >= 15 is 0 Å². The van der Waals surface area contributed by atoms with Crippen LogP contribution in [-0.4, -0.2) is 40.9 Å². The fourth-order valence-electron chi connectivity index (χ4n) is 4.37. The maximum absolute atomic E-state index is 12.5. The van der Waals surface area contributed by atoms with E-state index < -0.39 is 17.4 Å². The van der Waals surface area contributed by atoms with Crippen molar-refractivity contribution in [2.45, 2.75) is 38.1 Å². The summed E-state index contributed by atoms with van der Waals surface area (Å²) in [7, 11) is 0. The number of benzene rings is 1. The first-order valence-corrected chi connectivity index (χ1v) is 8.82. The number of aliphatic carboxylic acids is 1. The summed E-state index contributed by atoms with van der Waals surface area (Å²) in [6, 6.07) is 6.25. The molecule has 0 radical (unpaired) electrons. The third kappa shape index (κ3) is 2.69. The van der Waals surface area contributed by atoms with Crippen LogP contribution in [0.2, 0.25) is 0 Å². The molecule has 0 aromatic heterocycles. The summed E-state index contributed by atoms with van der Waals surface area (Å²) >= 11 is 0. The summed E-state index contributed by atoms with van der Waals surface area (Å²) in [4.78, 5) is 37.4. The summed E-state index contributed by atoms with van der Waals surface area (Å²) in [5, 5.41) is 12.2. The molecule has 25 heavy (non-hydrogen) atoms. The topological polar surface area (TPSA) is 86.7 Å². The van der Waals surface area contributed by atoms with E-state index in [4.69, 9.17) is 5.11 Å². The van der Waals surface area contributed by atoms with E-state index in [9.17, 15) is 14.4 Å². The second-order valence-corrected chi connectivity index (χ2v) is 7.58. The van der Waals surface area contributed by atoms with Gasteiger partial charge in [0.25, 0.3) is 0 Å². The van der Waals surface area contributed by atoms with Crippen molar-refractivity contribution in [3.63, 3.8) is 0 Å². The summed E-state index contributed by atoms with van der Waals surface area (Å²) < 4.78 is 0. The molecule has 3 aliphatic rings. The molecule has 2 heterocycles. The maximum atomic E-state index is 12.5. The molecule has 0 bridgehead atoms. The van der Waals surface area contributed by atoms with Crippen LogP contribution in [0.1, 0.15) is 36.0 Å². The molecule has 2 N–H and O–H groups in total. The summed E-state index contributed by atoms with van der Waals surface area (Å²) in [6.07, 6.45) is 2.20. The fourth-order valence-corrected chi connectivity index (χ4v) is 4.37. The van der Waals surface area contributed by atoms with Crippen molar-refractivity contribution in [3.8, 4) is 0 Å². The number of carboxylic acids is 1. The van der Waals surface area contributed by atoms with Gasteiger partial charge in [-0.15, -0.1) is 0 Å². The highest BCUT2D eigenvalue weighted by Gasteiger charge is 2.51. The smallest absolute Gasteiger partial charge is 0.307 e. The van der Waals surface area contributed by atoms with Gasteiger partial charge in [-0.2, -0.15) is 0 Å². The number of aryl methyl sites for hydroxylation is 1. The van der Waals surface area contributed by atoms with E-state index in [1.807, 2.05) is 6.92 Å². The van der Waals surface area contributed by atoms with Crippen molar-refractivity contribution < 1.29 is 19.5 Å². The zero-order chi connectivity index (χ0) is 17.8. The van der Waals surface area contributed by atoms with Crippen LogP contribution in [0.25, 0.3) is 0 Å². The van der Waals surface area contributed by atoms with Crippen LogP contribution in [0.5, 0.6) is 0 Å². The van der Waals surface area contributed by atoms with Gasteiger partial charge >= 0.3 is 5.97 Å². The Bertz CT molecular complexity index is 765. The standard InChI is InChI=1S/C19H22N2O4/c1-11-2-3-15-12(8-11)9-16(22)20-19(15)4-6-21(7-5-19)17(23)13-10-14(13)18(24)25/h2-3,8,13-14H,4-7,9-10H2,1H3,(H,20,22)(H,24,25). The number of piperidine rings is 1. The van der Waals surface area contributed by atoms with Crippen molar-refractivity contribution in [1.29, 1.82) is 0 Å². The highest BCUT2D eigenvalue weighted by atomic mass is 16.4. The molecule has 2 atom stereocenters. The van der Waals surface area contributed by atoms with E-state index in [1.54, 1.807) is 4.90 Å². The third-order valence-corrected chi connectivity index (χ3v) is 5.86. The molecule has 2 fully saturated rings. The number of fused-ring (bicyclic) bond motifs is 2. The minimum absolute atomic E-state index is 0.0333. The number of carbonyl (C=O) groups is 3. The quantitative estimate of drug-likeness (QED) is 0.846. The molecular formula is C19H22N2O4. The predicted molar refractivity (Wildman–Crippen MR) is 89.8 cm³/mol. The Morgan fingerprint density at radius 1 is 1.24 bits per heavy atom. The van der Waals surface area contributed by atoms with Crippen LogP contribution < -0.4 is 5.32 Å². The lowest BCUT2D eigenvalue weighted by Crippen LogP contribution is -2.57. The molecule has 1 spiro atoms. The Labute approximate surface area is 146 Å². The number of likely N-dealkylation sites (tertiary alicyclic amines) is 1. The van der Waals surface area contributed by atoms with Gasteiger partial charge in [-0.1, -0.05) is 23.8 Å². The Morgan fingerprint density at radius 3 is 2.60 bits per heavy atom. The monoisotopic (exact) mass is 342 g/mol. The van der Waals surface area contributed by atoms with E-state index in [0.717, 1.165) is 11.1 Å². The Morgan fingerprint density at radius 2 is 1.96 bits per heavy atom. The summed E-state index contributed by atoms with van der Waals surface area (Å²) in [6.45, 7) is 3.12. The predicted octanol–water partition coefficient (Wildman–Crippen LogP) is 1.21. The number of hydrogen-bond donors (Lipinski definition) is 2. The van der Waals surface area contributed by atoms with Gasteiger partial charge in [0.2, 0.25) is 11.8 Å². The van der Waals surface area contributed by atoms with Gasteiger partial charge in [0.1, 0.15) is 0 Å². The Hall–Kier alpha value is -2.37. The highest BCUT2D eigenvalue weighted by Crippen LogP contribution is 2.43. The summed E-state index contributed by atoms with van der Waals surface area (Å²) in [5.74, 6) is -1.76. The zero-order valence-corrected chi connectivity index (χ0v) is 14.2. The summed E-state index contributed by atoms with van der Waals surface area (Å²) in [5.41, 5.74) is 2.99. The highest BCUT2D eigenvalue weighted by molar-refractivity contribution is 5.89. The number of rotatable bonds is 2. The van der Waals surface area contributed by atoms with Gasteiger partial charge in [0.05, 0.1) is 23.8 Å². The molecule has 1 aliphatic carbocycles. The average molecular weight is 342 g/mol. The van der Waals surface area contributed by atoms with Crippen molar-refractivity contribution >= 4 is 17.8 Å². The lowest BCUT2D eigenvalue weighted by atomic mass is 9.75. The van der Waals surface area contributed by atoms with Crippen LogP contribution in [0, 0.1) is 18.8 Å². The molecule has 6 heteroatoms. The first-order valence-electron chi connectivity index (χ1n) is 8.82. The largest absolute Gasteiger partial charge is 0.481 e. The van der Waals surface area contributed by atoms with Crippen LogP contribution >= 0.6 is 0 Å². The molecule has 6 nitrogen and oxygen atoms in total. The SMILES string of the molecule is Cc1ccc2c(c1)CC(=O)NC21CCN(C(=O)C2CC2C(=O)O)CC1. The second kappa shape index (κ2) is 5.58. The maximum Gasteiger partial charge on any atom is 0.307 e. The molecule has 132 valence electrons. The first-order chi connectivity index (χ1) is 11.9. The molecule has 1 aromatic carbocycles. The zero-order valence-electron chi connectivity index (χ0n) is 14.2. The van der Waals surface area contributed by atoms with Gasteiger partial charge in [-0.3, -0.25) is 14.4 Å². The minimum Gasteiger partial charge on any atom is -0.481 e. The van der Waals surface area contributed by atoms with Gasteiger partial charge in [0.15, 0.2) is 0 Å². The first kappa shape index (κ1) is 16.1. The molecule has 2 amide bonds. The lowest BCUT2D eigenvalue weighted by molar-refractivity contribution is -0.142. The van der Waals surface area contributed by atoms with Crippen molar-refractivity contribution in [1.82, 2.24) is 10.2 Å². The molecular weight excluding hydrogens is 320 g/mol. The number of carbonyl (C=O) groups excluding carboxylic acids is 2. The van der Waals surface area contributed by atoms with E-state index in [2.05, 4.69) is 23.5 Å².